The predicted octanol–water partition coefficient (Wildman–Crippen LogP) is 2.46. The molecule has 3 heterocycles. The van der Waals surface area contributed by atoms with Gasteiger partial charge in [0.1, 0.15) is 18.0 Å². The molecule has 25 heavy (non-hydrogen) atoms. The van der Waals surface area contributed by atoms with Gasteiger partial charge in [0.15, 0.2) is 0 Å². The number of amides is 1. The van der Waals surface area contributed by atoms with Crippen LogP contribution in [0.2, 0.25) is 0 Å². The Hall–Kier alpha value is -2.86. The Morgan fingerprint density at radius 1 is 1.32 bits per heavy atom. The normalized spacial score (nSPS) is 16.9. The van der Waals surface area contributed by atoms with E-state index in [1.165, 1.54) is 0 Å². The number of imidazole rings is 1. The first-order valence-electron chi connectivity index (χ1n) is 8.45. The summed E-state index contributed by atoms with van der Waals surface area (Å²) in [4.78, 5) is 16.7. The monoisotopic (exact) mass is 336 g/mol. The number of carbonyl (C=O) groups excluding carboxylic acids is 1. The van der Waals surface area contributed by atoms with Gasteiger partial charge in [-0.25, -0.2) is 4.98 Å². The van der Waals surface area contributed by atoms with Crippen molar-refractivity contribution in [3.05, 3.63) is 60.6 Å². The van der Waals surface area contributed by atoms with Crippen molar-refractivity contribution in [1.29, 1.82) is 0 Å². The molecule has 2 aromatic heterocycles. The van der Waals surface area contributed by atoms with E-state index in [-0.39, 0.29) is 11.8 Å². The van der Waals surface area contributed by atoms with E-state index in [1.807, 2.05) is 59.3 Å². The maximum atomic E-state index is 12.2. The molecule has 1 fully saturated rings. The molecule has 4 rings (SSSR count). The Balaban J connectivity index is 1.39. The van der Waals surface area contributed by atoms with Crippen LogP contribution in [-0.4, -0.2) is 28.4 Å². The number of benzene rings is 1. The van der Waals surface area contributed by atoms with E-state index in [0.717, 1.165) is 36.5 Å². The summed E-state index contributed by atoms with van der Waals surface area (Å²) >= 11 is 0. The van der Waals surface area contributed by atoms with Gasteiger partial charge in [-0.15, -0.1) is 0 Å². The highest BCUT2D eigenvalue weighted by Crippen LogP contribution is 2.20. The van der Waals surface area contributed by atoms with Gasteiger partial charge in [-0.05, 0) is 37.2 Å². The van der Waals surface area contributed by atoms with Crippen molar-refractivity contribution in [1.82, 2.24) is 14.7 Å². The molecule has 1 unspecified atom stereocenters. The average Bonchev–Trinajstić information content (AvgIpc) is 3.29. The number of anilines is 1. The van der Waals surface area contributed by atoms with Crippen LogP contribution < -0.4 is 15.4 Å². The van der Waals surface area contributed by atoms with E-state index in [1.54, 1.807) is 0 Å². The molecular weight excluding hydrogens is 316 g/mol. The van der Waals surface area contributed by atoms with Gasteiger partial charge in [-0.3, -0.25) is 4.79 Å². The number of nitrogens with zero attached hydrogens (tertiary/aromatic N) is 2. The minimum atomic E-state index is 0.0440. The topological polar surface area (TPSA) is 67.7 Å². The van der Waals surface area contributed by atoms with E-state index >= 15 is 0 Å². The molecule has 0 aliphatic carbocycles. The van der Waals surface area contributed by atoms with Gasteiger partial charge in [0.25, 0.3) is 0 Å². The first-order chi connectivity index (χ1) is 12.3. The van der Waals surface area contributed by atoms with Gasteiger partial charge < -0.3 is 19.8 Å². The SMILES string of the molecule is O=C(Nc1cccc(OCc2cn3ccccc3n2)c1)C1CCNC1. The number of pyridine rings is 1. The standard InChI is InChI=1S/C19H20N4O2/c24-19(14-7-8-20-11-14)22-15-4-3-5-17(10-15)25-13-16-12-23-9-2-1-6-18(23)21-16/h1-6,9-10,12,14,20H,7-8,11,13H2,(H,22,24). The number of nitrogens with one attached hydrogen (secondary N) is 2. The van der Waals surface area contributed by atoms with Crippen LogP contribution in [0.4, 0.5) is 5.69 Å². The van der Waals surface area contributed by atoms with E-state index in [0.29, 0.717) is 12.4 Å². The Bertz CT molecular complexity index is 851. The van der Waals surface area contributed by atoms with Gasteiger partial charge in [0.05, 0.1) is 11.6 Å². The molecule has 0 saturated carbocycles. The number of hydrogen-bond acceptors (Lipinski definition) is 4. The molecule has 1 aliphatic rings. The van der Waals surface area contributed by atoms with Crippen LogP contribution >= 0.6 is 0 Å². The summed E-state index contributed by atoms with van der Waals surface area (Å²) in [5, 5.41) is 6.17. The van der Waals surface area contributed by atoms with Gasteiger partial charge in [0.2, 0.25) is 5.91 Å². The van der Waals surface area contributed by atoms with Crippen LogP contribution in [0.25, 0.3) is 5.65 Å². The number of carbonyl (C=O) groups is 1. The van der Waals surface area contributed by atoms with Gasteiger partial charge >= 0.3 is 0 Å². The van der Waals surface area contributed by atoms with Gasteiger partial charge in [-0.2, -0.15) is 0 Å². The molecule has 0 bridgehead atoms. The summed E-state index contributed by atoms with van der Waals surface area (Å²) in [6.07, 6.45) is 4.80. The summed E-state index contributed by atoms with van der Waals surface area (Å²) in [6, 6.07) is 13.3. The van der Waals surface area contributed by atoms with Crippen molar-refractivity contribution in [2.75, 3.05) is 18.4 Å². The first kappa shape index (κ1) is 15.7. The summed E-state index contributed by atoms with van der Waals surface area (Å²) < 4.78 is 7.79. The molecule has 1 amide bonds. The highest BCUT2D eigenvalue weighted by molar-refractivity contribution is 5.93. The molecule has 0 radical (unpaired) electrons. The lowest BCUT2D eigenvalue weighted by molar-refractivity contribution is -0.119. The summed E-state index contributed by atoms with van der Waals surface area (Å²) in [5.41, 5.74) is 2.51. The molecule has 1 aliphatic heterocycles. The van der Waals surface area contributed by atoms with Gasteiger partial charge in [-0.1, -0.05) is 12.1 Å². The van der Waals surface area contributed by atoms with Crippen molar-refractivity contribution in [2.24, 2.45) is 5.92 Å². The molecule has 1 saturated heterocycles. The smallest absolute Gasteiger partial charge is 0.228 e. The molecule has 6 nitrogen and oxygen atoms in total. The molecule has 128 valence electrons. The van der Waals surface area contributed by atoms with Crippen LogP contribution in [0.5, 0.6) is 5.75 Å². The van der Waals surface area contributed by atoms with Crippen molar-refractivity contribution in [3.8, 4) is 5.75 Å². The minimum Gasteiger partial charge on any atom is -0.487 e. The number of ether oxygens (including phenoxy) is 1. The van der Waals surface area contributed by atoms with Crippen LogP contribution in [0, 0.1) is 5.92 Å². The van der Waals surface area contributed by atoms with E-state index in [2.05, 4.69) is 15.6 Å². The predicted molar refractivity (Wildman–Crippen MR) is 95.6 cm³/mol. The quantitative estimate of drug-likeness (QED) is 0.751. The van der Waals surface area contributed by atoms with Crippen molar-refractivity contribution >= 4 is 17.2 Å². The Kier molecular flexibility index (Phi) is 4.35. The zero-order valence-electron chi connectivity index (χ0n) is 13.8. The van der Waals surface area contributed by atoms with Gasteiger partial charge in [0, 0.05) is 30.7 Å². The number of rotatable bonds is 5. The molecule has 1 atom stereocenters. The molecule has 3 aromatic rings. The maximum Gasteiger partial charge on any atom is 0.228 e. The zero-order valence-corrected chi connectivity index (χ0v) is 13.8. The third kappa shape index (κ3) is 3.64. The fraction of sp³-hybridized carbons (Fsp3) is 0.263. The van der Waals surface area contributed by atoms with Crippen LogP contribution in [0.1, 0.15) is 12.1 Å². The maximum absolute atomic E-state index is 12.2. The summed E-state index contributed by atoms with van der Waals surface area (Å²) in [5.74, 6) is 0.810. The lowest BCUT2D eigenvalue weighted by atomic mass is 10.1. The number of hydrogen-bond donors (Lipinski definition) is 2. The minimum absolute atomic E-state index is 0.0440. The third-order valence-electron chi connectivity index (χ3n) is 4.33. The van der Waals surface area contributed by atoms with Crippen molar-refractivity contribution in [2.45, 2.75) is 13.0 Å². The summed E-state index contributed by atoms with van der Waals surface area (Å²) in [7, 11) is 0. The second kappa shape index (κ2) is 6.94. The molecule has 2 N–H and O–H groups in total. The average molecular weight is 336 g/mol. The Morgan fingerprint density at radius 2 is 2.28 bits per heavy atom. The highest BCUT2D eigenvalue weighted by Gasteiger charge is 2.22. The molecule has 0 spiro atoms. The second-order valence-corrected chi connectivity index (χ2v) is 6.19. The lowest BCUT2D eigenvalue weighted by Gasteiger charge is -2.11. The number of fused-ring (bicyclic) bond motifs is 1. The fourth-order valence-corrected chi connectivity index (χ4v) is 3.00. The Morgan fingerprint density at radius 3 is 3.12 bits per heavy atom. The van der Waals surface area contributed by atoms with Crippen LogP contribution in [0.3, 0.4) is 0 Å². The van der Waals surface area contributed by atoms with E-state index in [4.69, 9.17) is 4.74 Å². The molecule has 6 heteroatoms. The van der Waals surface area contributed by atoms with E-state index in [9.17, 15) is 4.79 Å². The molecule has 1 aromatic carbocycles. The van der Waals surface area contributed by atoms with Crippen LogP contribution in [-0.2, 0) is 11.4 Å². The van der Waals surface area contributed by atoms with Crippen LogP contribution in [0.15, 0.2) is 54.9 Å². The second-order valence-electron chi connectivity index (χ2n) is 6.19. The fourth-order valence-electron chi connectivity index (χ4n) is 3.00. The van der Waals surface area contributed by atoms with Crippen molar-refractivity contribution < 1.29 is 9.53 Å². The summed E-state index contributed by atoms with van der Waals surface area (Å²) in [6.45, 7) is 2.03. The first-order valence-corrected chi connectivity index (χ1v) is 8.45. The number of aromatic nitrogens is 2. The third-order valence-corrected chi connectivity index (χ3v) is 4.33. The highest BCUT2D eigenvalue weighted by atomic mass is 16.5. The Labute approximate surface area is 145 Å². The molecular formula is C19H20N4O2. The lowest BCUT2D eigenvalue weighted by Crippen LogP contribution is -2.24. The largest absolute Gasteiger partial charge is 0.487 e. The van der Waals surface area contributed by atoms with Crippen molar-refractivity contribution in [3.63, 3.8) is 0 Å². The zero-order chi connectivity index (χ0) is 17.1. The van der Waals surface area contributed by atoms with E-state index < -0.39 is 0 Å².